The number of rotatable bonds is 5. The van der Waals surface area contributed by atoms with E-state index >= 15 is 0 Å². The van der Waals surface area contributed by atoms with E-state index in [-0.39, 0.29) is 16.3 Å². The summed E-state index contributed by atoms with van der Waals surface area (Å²) in [7, 11) is 1.48. The monoisotopic (exact) mass is 383 g/mol. The molecule has 2 aromatic rings. The normalized spacial score (nSPS) is 11.5. The molecule has 0 unspecified atom stereocenters. The van der Waals surface area contributed by atoms with Crippen LogP contribution in [-0.4, -0.2) is 30.2 Å². The third-order valence-electron chi connectivity index (χ3n) is 3.25. The number of hydrogen-bond donors (Lipinski definition) is 2. The van der Waals surface area contributed by atoms with Crippen molar-refractivity contribution in [2.24, 2.45) is 0 Å². The number of phenolic OH excluding ortho intramolecular Hbond substituents is 1. The first-order valence-electron chi connectivity index (χ1n) is 7.15. The Hall–Kier alpha value is -2.44. The summed E-state index contributed by atoms with van der Waals surface area (Å²) in [5, 5.41) is 12.9. The molecule has 0 spiro atoms. The van der Waals surface area contributed by atoms with Gasteiger partial charge in [-0.1, -0.05) is 23.2 Å². The number of benzene rings is 2. The molecule has 0 saturated heterocycles. The fourth-order valence-corrected chi connectivity index (χ4v) is 2.37. The zero-order valence-electron chi connectivity index (χ0n) is 13.4. The third kappa shape index (κ3) is 4.78. The number of phenols is 1. The van der Waals surface area contributed by atoms with Crippen LogP contribution >= 0.6 is 23.2 Å². The minimum atomic E-state index is -1.09. The first kappa shape index (κ1) is 18.9. The molecule has 2 aromatic carbocycles. The molecule has 0 heterocycles. The lowest BCUT2D eigenvalue weighted by Crippen LogP contribution is -2.30. The van der Waals surface area contributed by atoms with Crippen LogP contribution in [0.15, 0.2) is 36.4 Å². The molecule has 0 aliphatic carbocycles. The summed E-state index contributed by atoms with van der Waals surface area (Å²) in [4.78, 5) is 24.2. The highest BCUT2D eigenvalue weighted by molar-refractivity contribution is 6.32. The average Bonchev–Trinajstić information content (AvgIpc) is 2.54. The van der Waals surface area contributed by atoms with Gasteiger partial charge in [-0.3, -0.25) is 4.79 Å². The topological polar surface area (TPSA) is 84.9 Å². The molecule has 0 aromatic heterocycles. The van der Waals surface area contributed by atoms with Gasteiger partial charge in [0.05, 0.1) is 12.1 Å². The molecule has 0 aliphatic rings. The summed E-state index contributed by atoms with van der Waals surface area (Å²) in [5.41, 5.74) is 0.338. The van der Waals surface area contributed by atoms with Gasteiger partial charge < -0.3 is 19.9 Å². The fraction of sp³-hybridized carbons (Fsp3) is 0.176. The first-order chi connectivity index (χ1) is 11.8. The van der Waals surface area contributed by atoms with Crippen molar-refractivity contribution in [1.82, 2.24) is 0 Å². The number of ether oxygens (including phenoxy) is 2. The van der Waals surface area contributed by atoms with Crippen LogP contribution in [0.25, 0.3) is 0 Å². The van der Waals surface area contributed by atoms with Gasteiger partial charge in [0.25, 0.3) is 5.91 Å². The Labute approximate surface area is 154 Å². The molecule has 1 amide bonds. The fourth-order valence-electron chi connectivity index (χ4n) is 1.94. The van der Waals surface area contributed by atoms with Crippen molar-refractivity contribution in [3.63, 3.8) is 0 Å². The highest BCUT2D eigenvalue weighted by Gasteiger charge is 2.21. The Bertz CT molecular complexity index is 810. The predicted octanol–water partition coefficient (Wildman–Crippen LogP) is 3.89. The molecule has 2 N–H and O–H groups in total. The van der Waals surface area contributed by atoms with Crippen LogP contribution in [0.2, 0.25) is 10.0 Å². The standard InChI is InChI=1S/C17H15Cl2NO5/c1-9(25-17(23)12-5-3-10(18)7-14(12)21)16(22)20-11-4-6-15(24-2)13(19)8-11/h3-9,21H,1-2H3,(H,20,22)/t9-/m1/s1. The van der Waals surface area contributed by atoms with Gasteiger partial charge in [0.15, 0.2) is 6.10 Å². The Balaban J connectivity index is 2.02. The molecular weight excluding hydrogens is 369 g/mol. The van der Waals surface area contributed by atoms with Crippen LogP contribution in [0.3, 0.4) is 0 Å². The van der Waals surface area contributed by atoms with E-state index < -0.39 is 18.0 Å². The lowest BCUT2D eigenvalue weighted by molar-refractivity contribution is -0.123. The van der Waals surface area contributed by atoms with Crippen LogP contribution in [0.4, 0.5) is 5.69 Å². The van der Waals surface area contributed by atoms with Crippen LogP contribution in [0.5, 0.6) is 11.5 Å². The van der Waals surface area contributed by atoms with Crippen molar-refractivity contribution in [3.8, 4) is 11.5 Å². The first-order valence-corrected chi connectivity index (χ1v) is 7.91. The molecule has 6 nitrogen and oxygen atoms in total. The molecule has 25 heavy (non-hydrogen) atoms. The zero-order valence-corrected chi connectivity index (χ0v) is 14.9. The van der Waals surface area contributed by atoms with Gasteiger partial charge in [-0.25, -0.2) is 4.79 Å². The maximum Gasteiger partial charge on any atom is 0.342 e. The second-order valence-electron chi connectivity index (χ2n) is 5.05. The van der Waals surface area contributed by atoms with Crippen LogP contribution in [0, 0.1) is 0 Å². The molecule has 0 saturated carbocycles. The molecule has 0 fully saturated rings. The SMILES string of the molecule is COc1ccc(NC(=O)[C@@H](C)OC(=O)c2ccc(Cl)cc2O)cc1Cl. The van der Waals surface area contributed by atoms with Crippen LogP contribution < -0.4 is 10.1 Å². The van der Waals surface area contributed by atoms with Gasteiger partial charge >= 0.3 is 5.97 Å². The van der Waals surface area contributed by atoms with Gasteiger partial charge in [0.2, 0.25) is 0 Å². The predicted molar refractivity (Wildman–Crippen MR) is 94.6 cm³/mol. The molecule has 0 radical (unpaired) electrons. The van der Waals surface area contributed by atoms with Gasteiger partial charge in [0.1, 0.15) is 17.1 Å². The van der Waals surface area contributed by atoms with Gasteiger partial charge in [-0.05, 0) is 43.3 Å². The van der Waals surface area contributed by atoms with Crippen molar-refractivity contribution < 1.29 is 24.2 Å². The third-order valence-corrected chi connectivity index (χ3v) is 3.78. The van der Waals surface area contributed by atoms with Crippen LogP contribution in [-0.2, 0) is 9.53 Å². The van der Waals surface area contributed by atoms with E-state index in [1.54, 1.807) is 12.1 Å². The molecule has 0 bridgehead atoms. The molecular formula is C17H15Cl2NO5. The minimum absolute atomic E-state index is 0.0865. The number of amides is 1. The largest absolute Gasteiger partial charge is 0.507 e. The average molecular weight is 384 g/mol. The number of carbonyl (C=O) groups excluding carboxylic acids is 2. The Morgan fingerprint density at radius 2 is 1.88 bits per heavy atom. The summed E-state index contributed by atoms with van der Waals surface area (Å²) >= 11 is 11.7. The molecule has 132 valence electrons. The number of hydrogen-bond acceptors (Lipinski definition) is 5. The summed E-state index contributed by atoms with van der Waals surface area (Å²) in [6.07, 6.45) is -1.09. The second-order valence-corrected chi connectivity index (χ2v) is 5.89. The van der Waals surface area contributed by atoms with E-state index in [0.717, 1.165) is 0 Å². The van der Waals surface area contributed by atoms with E-state index in [0.29, 0.717) is 16.5 Å². The highest BCUT2D eigenvalue weighted by atomic mass is 35.5. The second kappa shape index (κ2) is 8.09. The van der Waals surface area contributed by atoms with E-state index in [4.69, 9.17) is 32.7 Å². The lowest BCUT2D eigenvalue weighted by Gasteiger charge is -2.14. The summed E-state index contributed by atoms with van der Waals surface area (Å²) < 4.78 is 10.1. The van der Waals surface area contributed by atoms with E-state index in [1.807, 2.05) is 0 Å². The van der Waals surface area contributed by atoms with E-state index in [1.165, 1.54) is 38.3 Å². The van der Waals surface area contributed by atoms with Crippen molar-refractivity contribution in [3.05, 3.63) is 52.0 Å². The number of esters is 1. The number of methoxy groups -OCH3 is 1. The smallest absolute Gasteiger partial charge is 0.342 e. The van der Waals surface area contributed by atoms with E-state index in [9.17, 15) is 14.7 Å². The lowest BCUT2D eigenvalue weighted by atomic mass is 10.2. The molecule has 1 atom stereocenters. The number of anilines is 1. The van der Waals surface area contributed by atoms with Crippen molar-refractivity contribution in [2.45, 2.75) is 13.0 Å². The summed E-state index contributed by atoms with van der Waals surface area (Å²) in [6, 6.07) is 8.67. The molecule has 2 rings (SSSR count). The van der Waals surface area contributed by atoms with Crippen LogP contribution in [0.1, 0.15) is 17.3 Å². The van der Waals surface area contributed by atoms with E-state index in [2.05, 4.69) is 5.32 Å². The summed E-state index contributed by atoms with van der Waals surface area (Å²) in [6.45, 7) is 1.41. The number of carbonyl (C=O) groups is 2. The Kier molecular flexibility index (Phi) is 6.12. The number of halogens is 2. The van der Waals surface area contributed by atoms with Gasteiger partial charge in [-0.15, -0.1) is 0 Å². The zero-order chi connectivity index (χ0) is 18.6. The Morgan fingerprint density at radius 3 is 2.48 bits per heavy atom. The summed E-state index contributed by atoms with van der Waals surface area (Å²) in [5.74, 6) is -1.25. The van der Waals surface area contributed by atoms with Crippen molar-refractivity contribution in [2.75, 3.05) is 12.4 Å². The maximum absolute atomic E-state index is 12.1. The highest BCUT2D eigenvalue weighted by Crippen LogP contribution is 2.27. The van der Waals surface area contributed by atoms with Gasteiger partial charge in [-0.2, -0.15) is 0 Å². The van der Waals surface area contributed by atoms with Gasteiger partial charge in [0, 0.05) is 10.7 Å². The maximum atomic E-state index is 12.1. The number of aromatic hydroxyl groups is 1. The van der Waals surface area contributed by atoms with Crippen molar-refractivity contribution >= 4 is 40.8 Å². The molecule has 8 heteroatoms. The minimum Gasteiger partial charge on any atom is -0.507 e. The molecule has 0 aliphatic heterocycles. The Morgan fingerprint density at radius 1 is 1.16 bits per heavy atom. The van der Waals surface area contributed by atoms with Crippen molar-refractivity contribution in [1.29, 1.82) is 0 Å². The number of nitrogens with one attached hydrogen (secondary N) is 1. The quantitative estimate of drug-likeness (QED) is 0.764.